The molecular weight excluding hydrogens is 248 g/mol. The van der Waals surface area contributed by atoms with Crippen LogP contribution in [0.5, 0.6) is 0 Å². The van der Waals surface area contributed by atoms with Gasteiger partial charge in [0.15, 0.2) is 0 Å². The van der Waals surface area contributed by atoms with Gasteiger partial charge in [-0.15, -0.1) is 0 Å². The average Bonchev–Trinajstić information content (AvgIpc) is 2.84. The van der Waals surface area contributed by atoms with Gasteiger partial charge < -0.3 is 10.1 Å². The quantitative estimate of drug-likeness (QED) is 0.864. The third-order valence-electron chi connectivity index (χ3n) is 4.30. The van der Waals surface area contributed by atoms with Gasteiger partial charge in [-0.1, -0.05) is 24.3 Å². The number of nitrogens with one attached hydrogen (secondary N) is 1. The summed E-state index contributed by atoms with van der Waals surface area (Å²) in [5.41, 5.74) is 2.70. The third-order valence-corrected chi connectivity index (χ3v) is 4.30. The third kappa shape index (κ3) is 3.40. The highest BCUT2D eigenvalue weighted by molar-refractivity contribution is 5.27. The minimum absolute atomic E-state index is 0.527. The van der Waals surface area contributed by atoms with Gasteiger partial charge in [-0.3, -0.25) is 4.90 Å². The van der Waals surface area contributed by atoms with E-state index < -0.39 is 0 Å². The molecule has 0 radical (unpaired) electrons. The van der Waals surface area contributed by atoms with Crippen LogP contribution in [0.4, 0.5) is 0 Å². The Hall–Kier alpha value is -0.900. The summed E-state index contributed by atoms with van der Waals surface area (Å²) in [5.74, 6) is 0.695. The van der Waals surface area contributed by atoms with Gasteiger partial charge in [0, 0.05) is 19.2 Å². The zero-order chi connectivity index (χ0) is 14.5. The molecule has 2 unspecified atom stereocenters. The number of hydrogen-bond donors (Lipinski definition) is 1. The molecule has 1 aliphatic heterocycles. The number of rotatable bonds is 6. The number of likely N-dealkylation sites (tertiary alicyclic amines) is 1. The lowest BCUT2D eigenvalue weighted by Gasteiger charge is -2.32. The van der Waals surface area contributed by atoms with E-state index in [0.29, 0.717) is 24.6 Å². The Kier molecular flexibility index (Phi) is 5.58. The van der Waals surface area contributed by atoms with E-state index in [0.717, 1.165) is 6.54 Å². The van der Waals surface area contributed by atoms with Crippen molar-refractivity contribution in [2.45, 2.75) is 39.0 Å². The molecule has 1 fully saturated rings. The van der Waals surface area contributed by atoms with Crippen molar-refractivity contribution in [1.82, 2.24) is 10.2 Å². The van der Waals surface area contributed by atoms with Crippen LogP contribution in [0.25, 0.3) is 0 Å². The Bertz CT molecular complexity index is 419. The fourth-order valence-electron chi connectivity index (χ4n) is 3.44. The summed E-state index contributed by atoms with van der Waals surface area (Å²) in [5, 5.41) is 3.36. The lowest BCUT2D eigenvalue weighted by atomic mass is 9.92. The molecule has 0 bridgehead atoms. The fraction of sp³-hybridized carbons (Fsp3) is 0.647. The van der Waals surface area contributed by atoms with Crippen LogP contribution in [-0.2, 0) is 11.3 Å². The van der Waals surface area contributed by atoms with E-state index in [1.807, 2.05) is 0 Å². The van der Waals surface area contributed by atoms with Gasteiger partial charge in [-0.2, -0.15) is 0 Å². The molecule has 2 rings (SSSR count). The second kappa shape index (κ2) is 7.21. The maximum Gasteiger partial charge on any atom is 0.0713 e. The highest BCUT2D eigenvalue weighted by Gasteiger charge is 2.35. The Morgan fingerprint density at radius 2 is 2.20 bits per heavy atom. The SMILES string of the molecule is CNCC1CCN(C(C)C)C1c1cccc(COC)c1. The van der Waals surface area contributed by atoms with Crippen LogP contribution in [0.15, 0.2) is 24.3 Å². The van der Waals surface area contributed by atoms with Crippen LogP contribution < -0.4 is 5.32 Å². The summed E-state index contributed by atoms with van der Waals surface area (Å²) in [6.45, 7) is 7.58. The molecular formula is C17H28N2O. The summed E-state index contributed by atoms with van der Waals surface area (Å²) < 4.78 is 5.27. The molecule has 0 saturated carbocycles. The van der Waals surface area contributed by atoms with Crippen molar-refractivity contribution in [2.75, 3.05) is 27.2 Å². The second-order valence-electron chi connectivity index (χ2n) is 6.06. The summed E-state index contributed by atoms with van der Waals surface area (Å²) >= 11 is 0. The largest absolute Gasteiger partial charge is 0.380 e. The number of hydrogen-bond acceptors (Lipinski definition) is 3. The first-order valence-electron chi connectivity index (χ1n) is 7.65. The van der Waals surface area contributed by atoms with Crippen LogP contribution in [-0.4, -0.2) is 38.2 Å². The van der Waals surface area contributed by atoms with Crippen molar-refractivity contribution in [3.63, 3.8) is 0 Å². The first-order chi connectivity index (χ1) is 9.67. The molecule has 3 heteroatoms. The van der Waals surface area contributed by atoms with Gasteiger partial charge in [0.05, 0.1) is 6.61 Å². The van der Waals surface area contributed by atoms with Gasteiger partial charge >= 0.3 is 0 Å². The van der Waals surface area contributed by atoms with E-state index in [2.05, 4.69) is 55.4 Å². The summed E-state index contributed by atoms with van der Waals surface area (Å²) in [6, 6.07) is 10.0. The highest BCUT2D eigenvalue weighted by Crippen LogP contribution is 2.38. The molecule has 0 amide bonds. The molecule has 1 aromatic carbocycles. The molecule has 112 valence electrons. The number of benzene rings is 1. The fourth-order valence-corrected chi connectivity index (χ4v) is 3.44. The maximum atomic E-state index is 5.27. The van der Waals surface area contributed by atoms with Crippen LogP contribution in [0.1, 0.15) is 37.4 Å². The van der Waals surface area contributed by atoms with Crippen molar-refractivity contribution in [1.29, 1.82) is 0 Å². The van der Waals surface area contributed by atoms with Gasteiger partial charge in [-0.25, -0.2) is 0 Å². The molecule has 1 saturated heterocycles. The van der Waals surface area contributed by atoms with Gasteiger partial charge in [0.25, 0.3) is 0 Å². The van der Waals surface area contributed by atoms with Crippen molar-refractivity contribution in [3.05, 3.63) is 35.4 Å². The molecule has 0 spiro atoms. The second-order valence-corrected chi connectivity index (χ2v) is 6.06. The average molecular weight is 276 g/mol. The van der Waals surface area contributed by atoms with Crippen LogP contribution >= 0.6 is 0 Å². The molecule has 1 aromatic rings. The molecule has 1 heterocycles. The molecule has 0 aliphatic carbocycles. The Balaban J connectivity index is 2.26. The lowest BCUT2D eigenvalue weighted by Crippen LogP contribution is -2.33. The monoisotopic (exact) mass is 276 g/mol. The molecule has 20 heavy (non-hydrogen) atoms. The van der Waals surface area contributed by atoms with E-state index >= 15 is 0 Å². The van der Waals surface area contributed by atoms with Crippen LogP contribution in [0, 0.1) is 5.92 Å². The Labute approximate surface area is 123 Å². The highest BCUT2D eigenvalue weighted by atomic mass is 16.5. The van der Waals surface area contributed by atoms with E-state index in [9.17, 15) is 0 Å². The van der Waals surface area contributed by atoms with Gasteiger partial charge in [-0.05, 0) is 57.5 Å². The first-order valence-corrected chi connectivity index (χ1v) is 7.65. The lowest BCUT2D eigenvalue weighted by molar-refractivity contribution is 0.178. The molecule has 0 aromatic heterocycles. The van der Waals surface area contributed by atoms with Crippen molar-refractivity contribution in [3.8, 4) is 0 Å². The van der Waals surface area contributed by atoms with E-state index in [1.54, 1.807) is 7.11 Å². The standard InChI is InChI=1S/C17H28N2O/c1-13(2)19-9-8-16(11-18-3)17(19)15-7-5-6-14(10-15)12-20-4/h5-7,10,13,16-18H,8-9,11-12H2,1-4H3. The van der Waals surface area contributed by atoms with Gasteiger partial charge in [0.2, 0.25) is 0 Å². The minimum Gasteiger partial charge on any atom is -0.380 e. The zero-order valence-corrected chi connectivity index (χ0v) is 13.2. The zero-order valence-electron chi connectivity index (χ0n) is 13.2. The van der Waals surface area contributed by atoms with Crippen molar-refractivity contribution in [2.24, 2.45) is 5.92 Å². The summed E-state index contributed by atoms with van der Waals surface area (Å²) in [4.78, 5) is 2.63. The van der Waals surface area contributed by atoms with Gasteiger partial charge in [0.1, 0.15) is 0 Å². The van der Waals surface area contributed by atoms with Crippen molar-refractivity contribution >= 4 is 0 Å². The predicted octanol–water partition coefficient (Wildman–Crippen LogP) is 2.82. The van der Waals surface area contributed by atoms with E-state index in [-0.39, 0.29) is 0 Å². The van der Waals surface area contributed by atoms with E-state index in [1.165, 1.54) is 24.1 Å². The number of ether oxygens (including phenoxy) is 1. The predicted molar refractivity (Wildman–Crippen MR) is 83.8 cm³/mol. The molecule has 2 atom stereocenters. The normalized spacial score (nSPS) is 23.6. The minimum atomic E-state index is 0.527. The molecule has 1 N–H and O–H groups in total. The van der Waals surface area contributed by atoms with Crippen LogP contribution in [0.2, 0.25) is 0 Å². The smallest absolute Gasteiger partial charge is 0.0713 e. The summed E-state index contributed by atoms with van der Waals surface area (Å²) in [7, 11) is 3.81. The molecule has 3 nitrogen and oxygen atoms in total. The first kappa shape index (κ1) is 15.5. The van der Waals surface area contributed by atoms with E-state index in [4.69, 9.17) is 4.74 Å². The molecule has 1 aliphatic rings. The maximum absolute atomic E-state index is 5.27. The Morgan fingerprint density at radius 1 is 1.40 bits per heavy atom. The van der Waals surface area contributed by atoms with Crippen LogP contribution in [0.3, 0.4) is 0 Å². The number of methoxy groups -OCH3 is 1. The topological polar surface area (TPSA) is 24.5 Å². The number of nitrogens with zero attached hydrogens (tertiary/aromatic N) is 1. The summed E-state index contributed by atoms with van der Waals surface area (Å²) in [6.07, 6.45) is 1.28. The van der Waals surface area contributed by atoms with Crippen molar-refractivity contribution < 1.29 is 4.74 Å². The Morgan fingerprint density at radius 3 is 2.85 bits per heavy atom.